The number of nitrogens with one attached hydrogen (secondary N) is 1. The number of aromatic nitrogens is 6. The van der Waals surface area contributed by atoms with E-state index in [1.807, 2.05) is 165 Å². The van der Waals surface area contributed by atoms with E-state index < -0.39 is 35.6 Å². The maximum absolute atomic E-state index is 13.7. The summed E-state index contributed by atoms with van der Waals surface area (Å²) in [4.78, 5) is 4.58. The van der Waals surface area contributed by atoms with Gasteiger partial charge in [0.15, 0.2) is 17.1 Å². The molecule has 14 aromatic rings. The SMILES string of the molecule is CN1CCN(c2ccc(-n3nc(C(F)(F)F)cc3-c3ccc4c(ccc5ccccc54)c3)cc2)CC1.CNc1ccc(-n2nc(C(F)(F)F)cc2-c2ccc3c(ccc4ccccc43)c2)cc1.Cc1ccc(-c2ccc(-c3cc(C(F)(F)F)nn3-c3ccc(N)cc3)cc2)cc1. The van der Waals surface area contributed by atoms with Crippen molar-refractivity contribution in [2.45, 2.75) is 25.5 Å². The molecular weight excluding hydrogens is 1240 g/mol. The molecule has 0 aliphatic carbocycles. The van der Waals surface area contributed by atoms with Crippen molar-refractivity contribution in [2.75, 3.05) is 56.2 Å². The molecule has 0 bridgehead atoms. The molecule has 11 aromatic carbocycles. The van der Waals surface area contributed by atoms with E-state index >= 15 is 0 Å². The third-order valence-electron chi connectivity index (χ3n) is 17.1. The number of aryl methyl sites for hydroxylation is 1. The highest BCUT2D eigenvalue weighted by molar-refractivity contribution is 6.09. The minimum atomic E-state index is -4.53. The topological polar surface area (TPSA) is 98.0 Å². The van der Waals surface area contributed by atoms with Crippen LogP contribution in [0.4, 0.5) is 56.6 Å². The molecule has 1 fully saturated rings. The standard InChI is InChI=1S/C29H25F3N4.C25H18F3N3.C23H18F3N3/c1-34-14-16-35(17-15-34)23-9-11-24(12-10-23)36-27(19-28(33-36)29(30,31)32)22-8-13-26-21(18-22)7-6-20-4-2-3-5-25(20)26;1-29-19-9-11-20(12-10-19)31-23(15-24(30-31)25(26,27)28)18-8-13-22-17(14-18)7-6-16-4-2-3-5-21(16)22;1-15-2-4-16(5-3-15)17-6-8-18(9-7-17)21-14-22(23(24,25)26)28-29(21)20-12-10-19(27)11-13-20/h2-13,18-19H,14-17H2,1H3;2-15,29H,1H3;2-14H,27H2,1H3. The van der Waals surface area contributed by atoms with Crippen molar-refractivity contribution in [1.82, 2.24) is 34.2 Å². The molecule has 0 atom stereocenters. The van der Waals surface area contributed by atoms with E-state index in [-0.39, 0.29) is 0 Å². The fourth-order valence-corrected chi connectivity index (χ4v) is 11.9. The van der Waals surface area contributed by atoms with Crippen molar-refractivity contribution in [3.8, 4) is 62.0 Å². The molecule has 96 heavy (non-hydrogen) atoms. The first-order chi connectivity index (χ1) is 46.1. The zero-order valence-electron chi connectivity index (χ0n) is 52.1. The summed E-state index contributed by atoms with van der Waals surface area (Å²) in [5, 5.41) is 23.2. The first-order valence-electron chi connectivity index (χ1n) is 30.8. The number of anilines is 3. The fraction of sp³-hybridized carbons (Fsp3) is 0.130. The Labute approximate surface area is 546 Å². The number of fused-ring (bicyclic) bond motifs is 6. The molecule has 1 aliphatic rings. The van der Waals surface area contributed by atoms with E-state index in [4.69, 9.17) is 5.73 Å². The van der Waals surface area contributed by atoms with Crippen LogP contribution in [0.15, 0.2) is 249 Å². The van der Waals surface area contributed by atoms with Crippen molar-refractivity contribution in [3.05, 3.63) is 271 Å². The van der Waals surface area contributed by atoms with Gasteiger partial charge in [-0.1, -0.05) is 151 Å². The molecule has 0 unspecified atom stereocenters. The summed E-state index contributed by atoms with van der Waals surface area (Å²) in [5.74, 6) is 0. The van der Waals surface area contributed by atoms with Crippen molar-refractivity contribution < 1.29 is 39.5 Å². The van der Waals surface area contributed by atoms with Crippen LogP contribution in [0.1, 0.15) is 22.6 Å². The second kappa shape index (κ2) is 26.0. The summed E-state index contributed by atoms with van der Waals surface area (Å²) >= 11 is 0. The van der Waals surface area contributed by atoms with Gasteiger partial charge in [-0.25, -0.2) is 14.0 Å². The third-order valence-corrected chi connectivity index (χ3v) is 17.1. The number of hydrogen-bond donors (Lipinski definition) is 2. The summed E-state index contributed by atoms with van der Waals surface area (Å²) in [5.41, 5.74) is 13.4. The van der Waals surface area contributed by atoms with Crippen LogP contribution in [0.3, 0.4) is 0 Å². The van der Waals surface area contributed by atoms with E-state index in [1.54, 1.807) is 67.7 Å². The lowest BCUT2D eigenvalue weighted by Crippen LogP contribution is -2.44. The second-order valence-corrected chi connectivity index (χ2v) is 23.6. The number of piperazine rings is 1. The highest BCUT2D eigenvalue weighted by Gasteiger charge is 2.38. The summed E-state index contributed by atoms with van der Waals surface area (Å²) < 4.78 is 125. The van der Waals surface area contributed by atoms with Gasteiger partial charge in [0, 0.05) is 67.0 Å². The minimum Gasteiger partial charge on any atom is -0.399 e. The van der Waals surface area contributed by atoms with Gasteiger partial charge in [0.25, 0.3) is 0 Å². The average Bonchev–Trinajstić information content (AvgIpc) is 1.65. The number of halogens is 9. The van der Waals surface area contributed by atoms with Crippen LogP contribution < -0.4 is 16.0 Å². The lowest BCUT2D eigenvalue weighted by Gasteiger charge is -2.34. The zero-order valence-corrected chi connectivity index (χ0v) is 52.1. The Kier molecular flexibility index (Phi) is 17.2. The van der Waals surface area contributed by atoms with Crippen LogP contribution in [0.5, 0.6) is 0 Å². The van der Waals surface area contributed by atoms with Gasteiger partial charge in [-0.3, -0.25) is 0 Å². The molecule has 15 rings (SSSR count). The number of nitrogens with zero attached hydrogens (tertiary/aromatic N) is 8. The molecule has 3 N–H and O–H groups in total. The number of hydrogen-bond acceptors (Lipinski definition) is 7. The Morgan fingerprint density at radius 3 is 1.12 bits per heavy atom. The maximum atomic E-state index is 13.7. The van der Waals surface area contributed by atoms with Crippen LogP contribution in [-0.4, -0.2) is 74.5 Å². The summed E-state index contributed by atoms with van der Waals surface area (Å²) in [6.07, 6.45) is -13.6. The van der Waals surface area contributed by atoms with Crippen LogP contribution in [0.2, 0.25) is 0 Å². The van der Waals surface area contributed by atoms with Crippen molar-refractivity contribution in [3.63, 3.8) is 0 Å². The van der Waals surface area contributed by atoms with Gasteiger partial charge in [-0.15, -0.1) is 0 Å². The Balaban J connectivity index is 0.000000131. The zero-order chi connectivity index (χ0) is 67.0. The van der Waals surface area contributed by atoms with Crippen molar-refractivity contribution in [1.29, 1.82) is 0 Å². The van der Waals surface area contributed by atoms with Gasteiger partial charge in [0.05, 0.1) is 34.1 Å². The smallest absolute Gasteiger partial charge is 0.399 e. The average molecular weight is 1300 g/mol. The predicted octanol–water partition coefficient (Wildman–Crippen LogP) is 19.6. The monoisotopic (exact) mass is 1300 g/mol. The molecule has 0 radical (unpaired) electrons. The van der Waals surface area contributed by atoms with Gasteiger partial charge >= 0.3 is 18.5 Å². The Hall–Kier alpha value is -11.2. The van der Waals surface area contributed by atoms with E-state index in [0.717, 1.165) is 116 Å². The van der Waals surface area contributed by atoms with Gasteiger partial charge in [-0.05, 0) is 171 Å². The van der Waals surface area contributed by atoms with Crippen molar-refractivity contribution >= 4 is 60.2 Å². The molecule has 3 aromatic heterocycles. The first-order valence-corrected chi connectivity index (χ1v) is 30.8. The molecule has 0 spiro atoms. The van der Waals surface area contributed by atoms with Crippen LogP contribution in [0, 0.1) is 6.92 Å². The third kappa shape index (κ3) is 13.5. The second-order valence-electron chi connectivity index (χ2n) is 23.6. The Morgan fingerprint density at radius 2 is 0.698 bits per heavy atom. The van der Waals surface area contributed by atoms with Gasteiger partial charge in [0.2, 0.25) is 0 Å². The Morgan fingerprint density at radius 1 is 0.354 bits per heavy atom. The number of likely N-dealkylation sites (N-methyl/N-ethyl adjacent to an activating group) is 1. The van der Waals surface area contributed by atoms with Crippen LogP contribution in [-0.2, 0) is 18.5 Å². The summed E-state index contributed by atoms with van der Waals surface area (Å²) in [6, 6.07) is 75.8. The van der Waals surface area contributed by atoms with Gasteiger partial charge < -0.3 is 20.9 Å². The van der Waals surface area contributed by atoms with E-state index in [1.165, 1.54) is 14.0 Å². The minimum absolute atomic E-state index is 0.359. The highest BCUT2D eigenvalue weighted by atomic mass is 19.4. The molecule has 0 amide bonds. The first kappa shape index (κ1) is 63.6. The van der Waals surface area contributed by atoms with Gasteiger partial charge in [0.1, 0.15) is 0 Å². The van der Waals surface area contributed by atoms with E-state index in [0.29, 0.717) is 56.5 Å². The molecule has 19 heteroatoms. The van der Waals surface area contributed by atoms with Gasteiger partial charge in [-0.2, -0.15) is 54.8 Å². The quantitative estimate of drug-likeness (QED) is 0.0844. The lowest BCUT2D eigenvalue weighted by molar-refractivity contribution is -0.142. The maximum Gasteiger partial charge on any atom is 0.435 e. The van der Waals surface area contributed by atoms with E-state index in [2.05, 4.69) is 49.6 Å². The fourth-order valence-electron chi connectivity index (χ4n) is 11.9. The molecule has 0 saturated carbocycles. The number of rotatable bonds is 9. The lowest BCUT2D eigenvalue weighted by atomic mass is 9.99. The molecule has 1 saturated heterocycles. The highest BCUT2D eigenvalue weighted by Crippen LogP contribution is 2.40. The van der Waals surface area contributed by atoms with Crippen LogP contribution in [0.25, 0.3) is 105 Å². The largest absolute Gasteiger partial charge is 0.435 e. The molecule has 1 aliphatic heterocycles. The molecule has 4 heterocycles. The predicted molar refractivity (Wildman–Crippen MR) is 366 cm³/mol. The summed E-state index contributed by atoms with van der Waals surface area (Å²) in [6.45, 7) is 5.83. The summed E-state index contributed by atoms with van der Waals surface area (Å²) in [7, 11) is 3.89. The van der Waals surface area contributed by atoms with E-state index in [9.17, 15) is 39.5 Å². The number of alkyl halides is 9. The normalized spacial score (nSPS) is 13.0. The molecule has 10 nitrogen and oxygen atoms in total. The van der Waals surface area contributed by atoms with Crippen molar-refractivity contribution in [2.24, 2.45) is 0 Å². The number of nitrogen functional groups attached to an aromatic ring is 1. The molecule has 482 valence electrons. The Bertz CT molecular complexity index is 5080. The molecular formula is C77H61F9N10. The number of benzene rings is 11. The van der Waals surface area contributed by atoms with Crippen LogP contribution >= 0.6 is 0 Å². The number of nitrogens with two attached hydrogens (primary N) is 1.